The Morgan fingerprint density at radius 2 is 1.70 bits per heavy atom. The van der Waals surface area contributed by atoms with Gasteiger partial charge in [0.25, 0.3) is 0 Å². The summed E-state index contributed by atoms with van der Waals surface area (Å²) in [6.07, 6.45) is 4.10. The molecule has 4 nitrogen and oxygen atoms in total. The van der Waals surface area contributed by atoms with E-state index in [1.165, 1.54) is 0 Å². The minimum Gasteiger partial charge on any atom is -0.355 e. The summed E-state index contributed by atoms with van der Waals surface area (Å²) in [5.74, 6) is 0.707. The molecule has 1 aliphatic rings. The van der Waals surface area contributed by atoms with Crippen LogP contribution in [0.5, 0.6) is 0 Å². The Hall–Kier alpha value is -1.06. The smallest absolute Gasteiger partial charge is 0.242 e. The number of hydrogen-bond donors (Lipinski definition) is 2. The van der Waals surface area contributed by atoms with Crippen molar-refractivity contribution in [2.24, 2.45) is 17.3 Å². The third-order valence-electron chi connectivity index (χ3n) is 4.43. The van der Waals surface area contributed by atoms with Crippen molar-refractivity contribution in [2.75, 3.05) is 6.54 Å². The van der Waals surface area contributed by atoms with Crippen molar-refractivity contribution in [3.63, 3.8) is 0 Å². The molecule has 0 saturated heterocycles. The fraction of sp³-hybridized carbons (Fsp3) is 0.875. The lowest BCUT2D eigenvalue weighted by atomic mass is 9.69. The van der Waals surface area contributed by atoms with Crippen molar-refractivity contribution in [3.05, 3.63) is 0 Å². The van der Waals surface area contributed by atoms with Gasteiger partial charge in [0.05, 0.1) is 0 Å². The van der Waals surface area contributed by atoms with Crippen LogP contribution in [-0.2, 0) is 9.59 Å². The second-order valence-electron chi connectivity index (χ2n) is 7.04. The molecule has 0 aromatic rings. The van der Waals surface area contributed by atoms with E-state index in [0.29, 0.717) is 17.9 Å². The average molecular weight is 282 g/mol. The molecular formula is C16H30N2O2. The molecule has 0 radical (unpaired) electrons. The maximum Gasteiger partial charge on any atom is 0.242 e. The lowest BCUT2D eigenvalue weighted by Gasteiger charge is -2.36. The summed E-state index contributed by atoms with van der Waals surface area (Å²) in [6.45, 7) is 11.0. The Bertz CT molecular complexity index is 339. The lowest BCUT2D eigenvalue weighted by molar-refractivity contribution is -0.131. The highest BCUT2D eigenvalue weighted by molar-refractivity contribution is 5.88. The van der Waals surface area contributed by atoms with Crippen LogP contribution in [0, 0.1) is 17.3 Å². The van der Waals surface area contributed by atoms with E-state index in [-0.39, 0.29) is 17.7 Å². The molecule has 20 heavy (non-hydrogen) atoms. The molecule has 0 aromatic carbocycles. The van der Waals surface area contributed by atoms with Gasteiger partial charge in [-0.1, -0.05) is 20.8 Å². The van der Waals surface area contributed by atoms with Crippen molar-refractivity contribution in [1.29, 1.82) is 0 Å². The number of hydrogen-bond acceptors (Lipinski definition) is 2. The van der Waals surface area contributed by atoms with Crippen LogP contribution in [0.15, 0.2) is 0 Å². The fourth-order valence-corrected chi connectivity index (χ4v) is 2.95. The van der Waals surface area contributed by atoms with Gasteiger partial charge in [-0.3, -0.25) is 9.59 Å². The highest BCUT2D eigenvalue weighted by Crippen LogP contribution is 2.39. The zero-order valence-corrected chi connectivity index (χ0v) is 13.6. The zero-order chi connectivity index (χ0) is 15.3. The molecule has 1 saturated carbocycles. The first-order valence-electron chi connectivity index (χ1n) is 7.83. The SMILES string of the molecule is CCNC(=O)C(C)NC(=O)C1CCC(C(C)(C)C)CC1. The van der Waals surface area contributed by atoms with Crippen molar-refractivity contribution < 1.29 is 9.59 Å². The molecule has 1 unspecified atom stereocenters. The van der Waals surface area contributed by atoms with Gasteiger partial charge in [-0.15, -0.1) is 0 Å². The molecule has 0 spiro atoms. The summed E-state index contributed by atoms with van der Waals surface area (Å²) in [7, 11) is 0. The van der Waals surface area contributed by atoms with Crippen LogP contribution < -0.4 is 10.6 Å². The largest absolute Gasteiger partial charge is 0.355 e. The molecule has 0 aliphatic heterocycles. The summed E-state index contributed by atoms with van der Waals surface area (Å²) < 4.78 is 0. The Labute approximate surface area is 123 Å². The first-order chi connectivity index (χ1) is 9.25. The van der Waals surface area contributed by atoms with E-state index in [4.69, 9.17) is 0 Å². The van der Waals surface area contributed by atoms with E-state index in [9.17, 15) is 9.59 Å². The van der Waals surface area contributed by atoms with Gasteiger partial charge in [0.1, 0.15) is 6.04 Å². The van der Waals surface area contributed by atoms with E-state index in [0.717, 1.165) is 25.7 Å². The van der Waals surface area contributed by atoms with E-state index in [1.54, 1.807) is 6.92 Å². The summed E-state index contributed by atoms with van der Waals surface area (Å²) >= 11 is 0. The number of amides is 2. The quantitative estimate of drug-likeness (QED) is 0.832. The minimum atomic E-state index is -0.442. The van der Waals surface area contributed by atoms with Crippen molar-refractivity contribution in [2.45, 2.75) is 66.3 Å². The summed E-state index contributed by atoms with van der Waals surface area (Å²) in [6, 6.07) is -0.442. The maximum absolute atomic E-state index is 12.2. The predicted octanol–water partition coefficient (Wildman–Crippen LogP) is 2.48. The third kappa shape index (κ3) is 4.80. The van der Waals surface area contributed by atoms with Crippen molar-refractivity contribution in [1.82, 2.24) is 10.6 Å². The molecule has 1 rings (SSSR count). The van der Waals surface area contributed by atoms with E-state index < -0.39 is 6.04 Å². The van der Waals surface area contributed by atoms with Gasteiger partial charge in [-0.25, -0.2) is 0 Å². The molecule has 4 heteroatoms. The first-order valence-corrected chi connectivity index (χ1v) is 7.83. The monoisotopic (exact) mass is 282 g/mol. The van der Waals surface area contributed by atoms with Gasteiger partial charge in [0, 0.05) is 12.5 Å². The first kappa shape index (κ1) is 17.0. The van der Waals surface area contributed by atoms with E-state index in [2.05, 4.69) is 31.4 Å². The summed E-state index contributed by atoms with van der Waals surface area (Å²) in [5.41, 5.74) is 0.329. The molecule has 1 aliphatic carbocycles. The number of likely N-dealkylation sites (N-methyl/N-ethyl adjacent to an activating group) is 1. The van der Waals surface area contributed by atoms with Gasteiger partial charge in [-0.2, -0.15) is 0 Å². The molecule has 1 atom stereocenters. The highest BCUT2D eigenvalue weighted by atomic mass is 16.2. The standard InChI is InChI=1S/C16H30N2O2/c1-6-17-14(19)11(2)18-15(20)12-7-9-13(10-8-12)16(3,4)5/h11-13H,6-10H2,1-5H3,(H,17,19)(H,18,20). The average Bonchev–Trinajstić information content (AvgIpc) is 2.38. The van der Waals surface area contributed by atoms with Crippen LogP contribution in [0.4, 0.5) is 0 Å². The molecule has 1 fully saturated rings. The second-order valence-corrected chi connectivity index (χ2v) is 7.04. The molecule has 0 aromatic heterocycles. The fourth-order valence-electron chi connectivity index (χ4n) is 2.95. The Balaban J connectivity index is 2.41. The van der Waals surface area contributed by atoms with Crippen LogP contribution in [0.25, 0.3) is 0 Å². The van der Waals surface area contributed by atoms with Gasteiger partial charge in [-0.05, 0) is 50.9 Å². The number of rotatable bonds is 4. The minimum absolute atomic E-state index is 0.0381. The van der Waals surface area contributed by atoms with Gasteiger partial charge in [0.15, 0.2) is 0 Å². The van der Waals surface area contributed by atoms with E-state index in [1.807, 2.05) is 6.92 Å². The molecule has 2 amide bonds. The molecular weight excluding hydrogens is 252 g/mol. The molecule has 0 heterocycles. The van der Waals surface area contributed by atoms with Crippen LogP contribution in [0.2, 0.25) is 0 Å². The molecule has 2 N–H and O–H groups in total. The van der Waals surface area contributed by atoms with Crippen LogP contribution >= 0.6 is 0 Å². The van der Waals surface area contributed by atoms with Gasteiger partial charge >= 0.3 is 0 Å². The predicted molar refractivity (Wildman–Crippen MR) is 81.2 cm³/mol. The van der Waals surface area contributed by atoms with Crippen LogP contribution in [0.3, 0.4) is 0 Å². The molecule has 0 bridgehead atoms. The Kier molecular flexibility index (Phi) is 6.03. The zero-order valence-electron chi connectivity index (χ0n) is 13.6. The summed E-state index contributed by atoms with van der Waals surface area (Å²) in [5, 5.41) is 5.56. The lowest BCUT2D eigenvalue weighted by Crippen LogP contribution is -2.47. The van der Waals surface area contributed by atoms with Gasteiger partial charge < -0.3 is 10.6 Å². The molecule has 116 valence electrons. The Morgan fingerprint density at radius 3 is 2.15 bits per heavy atom. The maximum atomic E-state index is 12.2. The van der Waals surface area contributed by atoms with Crippen LogP contribution in [0.1, 0.15) is 60.3 Å². The topological polar surface area (TPSA) is 58.2 Å². The Morgan fingerprint density at radius 1 is 1.15 bits per heavy atom. The van der Waals surface area contributed by atoms with E-state index >= 15 is 0 Å². The van der Waals surface area contributed by atoms with Crippen molar-refractivity contribution >= 4 is 11.8 Å². The highest BCUT2D eigenvalue weighted by Gasteiger charge is 2.32. The number of nitrogens with one attached hydrogen (secondary N) is 2. The van der Waals surface area contributed by atoms with Gasteiger partial charge in [0.2, 0.25) is 11.8 Å². The second kappa shape index (κ2) is 7.09. The number of carbonyl (C=O) groups is 2. The normalized spacial score (nSPS) is 24.9. The summed E-state index contributed by atoms with van der Waals surface area (Å²) in [4.78, 5) is 23.8. The van der Waals surface area contributed by atoms with Crippen molar-refractivity contribution in [3.8, 4) is 0 Å². The number of carbonyl (C=O) groups excluding carboxylic acids is 2. The third-order valence-corrected chi connectivity index (χ3v) is 4.43. The van der Waals surface area contributed by atoms with Crippen LogP contribution in [-0.4, -0.2) is 24.4 Å².